The van der Waals surface area contributed by atoms with Crippen molar-refractivity contribution in [2.75, 3.05) is 29.6 Å². The van der Waals surface area contributed by atoms with Gasteiger partial charge in [-0.3, -0.25) is 4.79 Å². The van der Waals surface area contributed by atoms with Crippen molar-refractivity contribution in [2.24, 2.45) is 0 Å². The van der Waals surface area contributed by atoms with Gasteiger partial charge in [0.2, 0.25) is 5.91 Å². The van der Waals surface area contributed by atoms with Crippen LogP contribution in [0.5, 0.6) is 5.75 Å². The zero-order chi connectivity index (χ0) is 15.4. The van der Waals surface area contributed by atoms with Crippen LogP contribution in [0.1, 0.15) is 6.92 Å². The van der Waals surface area contributed by atoms with Crippen LogP contribution in [-0.2, 0) is 4.79 Å². The normalized spacial score (nSPS) is 10.0. The largest absolute Gasteiger partial charge is 0.508 e. The maximum Gasteiger partial charge on any atom is 0.221 e. The summed E-state index contributed by atoms with van der Waals surface area (Å²) in [5, 5.41) is 15.4. The first-order valence-electron chi connectivity index (χ1n) is 6.61. The summed E-state index contributed by atoms with van der Waals surface area (Å²) in [6.45, 7) is 1.48. The predicted molar refractivity (Wildman–Crippen MR) is 86.5 cm³/mol. The van der Waals surface area contributed by atoms with Gasteiger partial charge in [-0.25, -0.2) is 0 Å². The number of nitrogens with one attached hydrogen (secondary N) is 2. The molecule has 2 rings (SSSR count). The molecule has 0 unspecified atom stereocenters. The minimum absolute atomic E-state index is 0.125. The van der Waals surface area contributed by atoms with E-state index in [0.29, 0.717) is 5.69 Å². The van der Waals surface area contributed by atoms with Crippen LogP contribution in [-0.4, -0.2) is 25.1 Å². The second kappa shape index (κ2) is 6.17. The van der Waals surface area contributed by atoms with E-state index in [-0.39, 0.29) is 11.7 Å². The first kappa shape index (κ1) is 14.7. The first-order valence-corrected chi connectivity index (χ1v) is 6.61. The maximum absolute atomic E-state index is 11.4. The molecule has 5 heteroatoms. The highest BCUT2D eigenvalue weighted by Gasteiger charge is 2.07. The van der Waals surface area contributed by atoms with Gasteiger partial charge in [0.05, 0.1) is 11.4 Å². The fraction of sp³-hybridized carbons (Fsp3) is 0.188. The van der Waals surface area contributed by atoms with Crippen molar-refractivity contribution in [1.82, 2.24) is 0 Å². The van der Waals surface area contributed by atoms with Crippen LogP contribution in [0.3, 0.4) is 0 Å². The monoisotopic (exact) mass is 285 g/mol. The summed E-state index contributed by atoms with van der Waals surface area (Å²) in [6.07, 6.45) is 0. The molecule has 2 aromatic carbocycles. The van der Waals surface area contributed by atoms with Gasteiger partial charge in [0.1, 0.15) is 5.75 Å². The SMILES string of the molecule is CC(=O)Nc1cc(N(C)C)ccc1Nc1ccc(O)cc1. The summed E-state index contributed by atoms with van der Waals surface area (Å²) in [7, 11) is 3.89. The van der Waals surface area contributed by atoms with Gasteiger partial charge < -0.3 is 20.6 Å². The van der Waals surface area contributed by atoms with E-state index in [0.717, 1.165) is 17.1 Å². The smallest absolute Gasteiger partial charge is 0.221 e. The molecule has 0 spiro atoms. The Kier molecular flexibility index (Phi) is 4.33. The summed E-state index contributed by atoms with van der Waals surface area (Å²) in [5.74, 6) is 0.0882. The number of hydrogen-bond acceptors (Lipinski definition) is 4. The summed E-state index contributed by atoms with van der Waals surface area (Å²) < 4.78 is 0. The lowest BCUT2D eigenvalue weighted by molar-refractivity contribution is -0.114. The molecule has 0 radical (unpaired) electrons. The number of rotatable bonds is 4. The van der Waals surface area contributed by atoms with E-state index in [1.807, 2.05) is 37.2 Å². The highest BCUT2D eigenvalue weighted by atomic mass is 16.3. The van der Waals surface area contributed by atoms with Crippen molar-refractivity contribution in [3.63, 3.8) is 0 Å². The molecule has 0 aliphatic heterocycles. The molecule has 5 nitrogen and oxygen atoms in total. The molecule has 110 valence electrons. The molecule has 3 N–H and O–H groups in total. The molecule has 0 saturated heterocycles. The van der Waals surface area contributed by atoms with Crippen molar-refractivity contribution in [1.29, 1.82) is 0 Å². The minimum atomic E-state index is -0.125. The van der Waals surface area contributed by atoms with Crippen LogP contribution < -0.4 is 15.5 Å². The Labute approximate surface area is 124 Å². The molecule has 21 heavy (non-hydrogen) atoms. The molecule has 0 atom stereocenters. The number of nitrogens with zero attached hydrogens (tertiary/aromatic N) is 1. The lowest BCUT2D eigenvalue weighted by Gasteiger charge is -2.18. The van der Waals surface area contributed by atoms with Gasteiger partial charge in [0.25, 0.3) is 0 Å². The van der Waals surface area contributed by atoms with Crippen molar-refractivity contribution in [3.05, 3.63) is 42.5 Å². The van der Waals surface area contributed by atoms with Crippen LogP contribution >= 0.6 is 0 Å². The van der Waals surface area contributed by atoms with Crippen LogP contribution in [0.25, 0.3) is 0 Å². The molecule has 2 aromatic rings. The molecule has 0 aromatic heterocycles. The zero-order valence-electron chi connectivity index (χ0n) is 12.3. The first-order chi connectivity index (χ1) is 9.95. The Balaban J connectivity index is 2.32. The number of anilines is 4. The van der Waals surface area contributed by atoms with Crippen LogP contribution in [0, 0.1) is 0 Å². The number of carbonyl (C=O) groups excluding carboxylic acids is 1. The fourth-order valence-corrected chi connectivity index (χ4v) is 1.91. The molecule has 0 aliphatic rings. The van der Waals surface area contributed by atoms with Crippen LogP contribution in [0.2, 0.25) is 0 Å². The van der Waals surface area contributed by atoms with E-state index in [9.17, 15) is 9.90 Å². The molecule has 0 bridgehead atoms. The third-order valence-corrected chi connectivity index (χ3v) is 2.98. The summed E-state index contributed by atoms with van der Waals surface area (Å²) in [6, 6.07) is 12.5. The lowest BCUT2D eigenvalue weighted by atomic mass is 10.2. The Morgan fingerprint density at radius 1 is 1.05 bits per heavy atom. The van der Waals surface area contributed by atoms with Crippen molar-refractivity contribution in [2.45, 2.75) is 6.92 Å². The average Bonchev–Trinajstić information content (AvgIpc) is 2.42. The van der Waals surface area contributed by atoms with Gasteiger partial charge in [-0.2, -0.15) is 0 Å². The van der Waals surface area contributed by atoms with Gasteiger partial charge in [0, 0.05) is 32.4 Å². The summed E-state index contributed by atoms with van der Waals surface area (Å²) in [4.78, 5) is 13.3. The number of benzene rings is 2. The summed E-state index contributed by atoms with van der Waals surface area (Å²) in [5.41, 5.74) is 3.33. The van der Waals surface area contributed by atoms with E-state index in [1.54, 1.807) is 24.3 Å². The Hall–Kier alpha value is -2.69. The third-order valence-electron chi connectivity index (χ3n) is 2.98. The third kappa shape index (κ3) is 3.89. The topological polar surface area (TPSA) is 64.6 Å². The molecular formula is C16H19N3O2. The quantitative estimate of drug-likeness (QED) is 0.755. The lowest BCUT2D eigenvalue weighted by Crippen LogP contribution is -2.12. The molecule has 0 aliphatic carbocycles. The maximum atomic E-state index is 11.4. The van der Waals surface area contributed by atoms with E-state index in [4.69, 9.17) is 0 Å². The number of phenolic OH excluding ortho intramolecular Hbond substituents is 1. The highest BCUT2D eigenvalue weighted by Crippen LogP contribution is 2.30. The number of amides is 1. The Bertz CT molecular complexity index is 636. The number of hydrogen-bond donors (Lipinski definition) is 3. The van der Waals surface area contributed by atoms with E-state index < -0.39 is 0 Å². The van der Waals surface area contributed by atoms with E-state index >= 15 is 0 Å². The van der Waals surface area contributed by atoms with Gasteiger partial charge in [0.15, 0.2) is 0 Å². The Morgan fingerprint density at radius 3 is 2.29 bits per heavy atom. The molecule has 1 amide bonds. The predicted octanol–water partition coefficient (Wildman–Crippen LogP) is 3.16. The second-order valence-corrected chi connectivity index (χ2v) is 4.98. The van der Waals surface area contributed by atoms with Gasteiger partial charge in [-0.05, 0) is 42.5 Å². The molecule has 0 fully saturated rings. The van der Waals surface area contributed by atoms with Crippen LogP contribution in [0.15, 0.2) is 42.5 Å². The molecule has 0 heterocycles. The molecular weight excluding hydrogens is 266 g/mol. The zero-order valence-corrected chi connectivity index (χ0v) is 12.3. The minimum Gasteiger partial charge on any atom is -0.508 e. The highest BCUT2D eigenvalue weighted by molar-refractivity contribution is 5.94. The summed E-state index contributed by atoms with van der Waals surface area (Å²) >= 11 is 0. The average molecular weight is 285 g/mol. The van der Waals surface area contributed by atoms with Gasteiger partial charge in [-0.15, -0.1) is 0 Å². The Morgan fingerprint density at radius 2 is 1.71 bits per heavy atom. The van der Waals surface area contributed by atoms with Gasteiger partial charge in [-0.1, -0.05) is 0 Å². The van der Waals surface area contributed by atoms with Crippen molar-refractivity contribution < 1.29 is 9.90 Å². The standard InChI is InChI=1S/C16H19N3O2/c1-11(20)17-16-10-13(19(2)3)6-9-15(16)18-12-4-7-14(21)8-5-12/h4-10,18,21H,1-3H3,(H,17,20). The number of carbonyl (C=O) groups is 1. The van der Waals surface area contributed by atoms with Gasteiger partial charge >= 0.3 is 0 Å². The van der Waals surface area contributed by atoms with Crippen LogP contribution in [0.4, 0.5) is 22.7 Å². The number of aromatic hydroxyl groups is 1. The van der Waals surface area contributed by atoms with E-state index in [2.05, 4.69) is 10.6 Å². The van der Waals surface area contributed by atoms with Crippen molar-refractivity contribution >= 4 is 28.7 Å². The fourth-order valence-electron chi connectivity index (χ4n) is 1.91. The molecule has 0 saturated carbocycles. The number of phenols is 1. The van der Waals surface area contributed by atoms with Crippen molar-refractivity contribution in [3.8, 4) is 5.75 Å². The second-order valence-electron chi connectivity index (χ2n) is 4.98. The van der Waals surface area contributed by atoms with E-state index in [1.165, 1.54) is 6.92 Å².